The zero-order valence-electron chi connectivity index (χ0n) is 9.87. The standard InChI is InChI=1S/C12H15BrN2OS/c1-8(2)5-14-6-10-4-11(16-15-10)12-3-9(13)7-17-12/h3-4,7-8,14H,5-6H2,1-2H3. The van der Waals surface area contributed by atoms with Crippen LogP contribution in [0.15, 0.2) is 26.5 Å². The van der Waals surface area contributed by atoms with Crippen LogP contribution in [0.1, 0.15) is 19.5 Å². The van der Waals surface area contributed by atoms with Crippen LogP contribution in [0.25, 0.3) is 10.6 Å². The second-order valence-electron chi connectivity index (χ2n) is 4.34. The summed E-state index contributed by atoms with van der Waals surface area (Å²) < 4.78 is 6.40. The van der Waals surface area contributed by atoms with Gasteiger partial charge >= 0.3 is 0 Å². The Balaban J connectivity index is 1.96. The summed E-state index contributed by atoms with van der Waals surface area (Å²) in [7, 11) is 0. The minimum absolute atomic E-state index is 0.648. The van der Waals surface area contributed by atoms with Crippen LogP contribution in [-0.4, -0.2) is 11.7 Å². The third-order valence-electron chi connectivity index (χ3n) is 2.23. The lowest BCUT2D eigenvalue weighted by atomic mass is 10.2. The molecule has 0 amide bonds. The van der Waals surface area contributed by atoms with Gasteiger partial charge in [0.25, 0.3) is 0 Å². The molecule has 2 aromatic heterocycles. The van der Waals surface area contributed by atoms with Crippen LogP contribution in [0, 0.1) is 5.92 Å². The first-order valence-corrected chi connectivity index (χ1v) is 7.23. The molecule has 0 aliphatic rings. The number of nitrogens with zero attached hydrogens (tertiary/aromatic N) is 1. The van der Waals surface area contributed by atoms with Crippen molar-refractivity contribution in [3.63, 3.8) is 0 Å². The maximum Gasteiger partial charge on any atom is 0.177 e. The lowest BCUT2D eigenvalue weighted by Gasteiger charge is -2.03. The number of rotatable bonds is 5. The molecular formula is C12H15BrN2OS. The molecule has 1 N–H and O–H groups in total. The van der Waals surface area contributed by atoms with Crippen LogP contribution in [0.4, 0.5) is 0 Å². The highest BCUT2D eigenvalue weighted by Crippen LogP contribution is 2.30. The zero-order chi connectivity index (χ0) is 12.3. The molecule has 92 valence electrons. The summed E-state index contributed by atoms with van der Waals surface area (Å²) in [5, 5.41) is 9.43. The molecule has 0 atom stereocenters. The van der Waals surface area contributed by atoms with Gasteiger partial charge in [0.1, 0.15) is 0 Å². The smallest absolute Gasteiger partial charge is 0.177 e. The van der Waals surface area contributed by atoms with Crippen molar-refractivity contribution in [1.82, 2.24) is 10.5 Å². The first kappa shape index (κ1) is 12.8. The van der Waals surface area contributed by atoms with Crippen molar-refractivity contribution < 1.29 is 4.52 Å². The summed E-state index contributed by atoms with van der Waals surface area (Å²) in [6.07, 6.45) is 0. The van der Waals surface area contributed by atoms with Crippen LogP contribution < -0.4 is 5.32 Å². The van der Waals surface area contributed by atoms with Gasteiger partial charge in [0.2, 0.25) is 0 Å². The Labute approximate surface area is 113 Å². The molecule has 0 aliphatic carbocycles. The Morgan fingerprint density at radius 3 is 2.94 bits per heavy atom. The van der Waals surface area contributed by atoms with Crippen molar-refractivity contribution in [2.45, 2.75) is 20.4 Å². The number of halogens is 1. The molecule has 17 heavy (non-hydrogen) atoms. The molecule has 2 aromatic rings. The Morgan fingerprint density at radius 2 is 2.29 bits per heavy atom. The summed E-state index contributed by atoms with van der Waals surface area (Å²) in [6.45, 7) is 6.12. The minimum Gasteiger partial charge on any atom is -0.355 e. The van der Waals surface area contributed by atoms with Crippen molar-refractivity contribution in [3.05, 3.63) is 27.7 Å². The average molecular weight is 315 g/mol. The van der Waals surface area contributed by atoms with Crippen LogP contribution in [-0.2, 0) is 6.54 Å². The van der Waals surface area contributed by atoms with Gasteiger partial charge in [-0.05, 0) is 34.5 Å². The molecule has 0 saturated carbocycles. The van der Waals surface area contributed by atoms with E-state index in [-0.39, 0.29) is 0 Å². The summed E-state index contributed by atoms with van der Waals surface area (Å²) in [5.41, 5.74) is 0.949. The molecule has 0 aliphatic heterocycles. The van der Waals surface area contributed by atoms with E-state index < -0.39 is 0 Å². The summed E-state index contributed by atoms with van der Waals surface area (Å²) in [6, 6.07) is 4.03. The normalized spacial score (nSPS) is 11.3. The van der Waals surface area contributed by atoms with Crippen molar-refractivity contribution in [3.8, 4) is 10.6 Å². The molecule has 3 nitrogen and oxygen atoms in total. The highest BCUT2D eigenvalue weighted by atomic mass is 79.9. The number of nitrogens with one attached hydrogen (secondary N) is 1. The van der Waals surface area contributed by atoms with Gasteiger partial charge in [-0.1, -0.05) is 19.0 Å². The molecular weight excluding hydrogens is 300 g/mol. The van der Waals surface area contributed by atoms with Gasteiger partial charge in [-0.3, -0.25) is 0 Å². The van der Waals surface area contributed by atoms with E-state index in [0.29, 0.717) is 5.92 Å². The van der Waals surface area contributed by atoms with Crippen LogP contribution in [0.3, 0.4) is 0 Å². The lowest BCUT2D eigenvalue weighted by Crippen LogP contribution is -2.18. The fourth-order valence-electron chi connectivity index (χ4n) is 1.44. The van der Waals surface area contributed by atoms with E-state index in [1.807, 2.05) is 17.5 Å². The van der Waals surface area contributed by atoms with E-state index in [1.54, 1.807) is 11.3 Å². The molecule has 0 saturated heterocycles. The molecule has 0 spiro atoms. The topological polar surface area (TPSA) is 38.1 Å². The fraction of sp³-hybridized carbons (Fsp3) is 0.417. The molecule has 0 radical (unpaired) electrons. The highest BCUT2D eigenvalue weighted by molar-refractivity contribution is 9.10. The van der Waals surface area contributed by atoms with Crippen molar-refractivity contribution in [1.29, 1.82) is 0 Å². The third kappa shape index (κ3) is 3.66. The van der Waals surface area contributed by atoms with E-state index in [2.05, 4.69) is 40.3 Å². The quantitative estimate of drug-likeness (QED) is 0.909. The van der Waals surface area contributed by atoms with E-state index in [4.69, 9.17) is 4.52 Å². The lowest BCUT2D eigenvalue weighted by molar-refractivity contribution is 0.418. The Bertz CT molecular complexity index is 478. The first-order valence-electron chi connectivity index (χ1n) is 5.56. The number of thiophene rings is 1. The molecule has 2 rings (SSSR count). The van der Waals surface area contributed by atoms with Gasteiger partial charge < -0.3 is 9.84 Å². The first-order chi connectivity index (χ1) is 8.15. The number of aromatic nitrogens is 1. The molecule has 2 heterocycles. The summed E-state index contributed by atoms with van der Waals surface area (Å²) in [5.74, 6) is 1.48. The van der Waals surface area contributed by atoms with Crippen LogP contribution in [0.5, 0.6) is 0 Å². The number of hydrogen-bond acceptors (Lipinski definition) is 4. The Morgan fingerprint density at radius 1 is 1.47 bits per heavy atom. The maximum absolute atomic E-state index is 5.32. The zero-order valence-corrected chi connectivity index (χ0v) is 12.3. The SMILES string of the molecule is CC(C)CNCc1cc(-c2cc(Br)cs2)on1. The summed E-state index contributed by atoms with van der Waals surface area (Å²) in [4.78, 5) is 1.10. The van der Waals surface area contributed by atoms with E-state index in [1.165, 1.54) is 0 Å². The number of hydrogen-bond donors (Lipinski definition) is 1. The largest absolute Gasteiger partial charge is 0.355 e. The minimum atomic E-state index is 0.648. The molecule has 5 heteroatoms. The van der Waals surface area contributed by atoms with E-state index >= 15 is 0 Å². The predicted octanol–water partition coefficient (Wildman–Crippen LogP) is 3.91. The van der Waals surface area contributed by atoms with Gasteiger partial charge in [-0.15, -0.1) is 11.3 Å². The van der Waals surface area contributed by atoms with E-state index in [9.17, 15) is 0 Å². The van der Waals surface area contributed by atoms with E-state index in [0.717, 1.165) is 33.9 Å². The van der Waals surface area contributed by atoms with Gasteiger partial charge in [-0.25, -0.2) is 0 Å². The second kappa shape index (κ2) is 5.80. The van der Waals surface area contributed by atoms with Gasteiger partial charge in [0.15, 0.2) is 5.76 Å². The molecule has 0 unspecified atom stereocenters. The highest BCUT2D eigenvalue weighted by Gasteiger charge is 2.08. The van der Waals surface area contributed by atoms with Gasteiger partial charge in [0.05, 0.1) is 10.6 Å². The predicted molar refractivity (Wildman–Crippen MR) is 74.1 cm³/mol. The van der Waals surface area contributed by atoms with Crippen molar-refractivity contribution in [2.75, 3.05) is 6.54 Å². The summed E-state index contributed by atoms with van der Waals surface area (Å²) >= 11 is 5.07. The Kier molecular flexibility index (Phi) is 4.36. The van der Waals surface area contributed by atoms with Gasteiger partial charge in [-0.2, -0.15) is 0 Å². The van der Waals surface area contributed by atoms with Crippen molar-refractivity contribution in [2.24, 2.45) is 5.92 Å². The molecule has 0 bridgehead atoms. The fourth-order valence-corrected chi connectivity index (χ4v) is 2.82. The monoisotopic (exact) mass is 314 g/mol. The Hall–Kier alpha value is -0.650. The van der Waals surface area contributed by atoms with Crippen LogP contribution >= 0.6 is 27.3 Å². The van der Waals surface area contributed by atoms with Crippen LogP contribution in [0.2, 0.25) is 0 Å². The third-order valence-corrected chi connectivity index (χ3v) is 3.93. The molecule has 0 aromatic carbocycles. The average Bonchev–Trinajstić information content (AvgIpc) is 2.86. The maximum atomic E-state index is 5.32. The van der Waals surface area contributed by atoms with Crippen molar-refractivity contribution >= 4 is 27.3 Å². The molecule has 0 fully saturated rings. The van der Waals surface area contributed by atoms with Gasteiger partial charge in [0, 0.05) is 22.5 Å². The second-order valence-corrected chi connectivity index (χ2v) is 6.16.